The molecule has 0 aliphatic heterocycles. The number of hydrogen-bond donors (Lipinski definition) is 1. The number of nitrogens with two attached hydrogens (primary N) is 1. The van der Waals surface area contributed by atoms with E-state index >= 15 is 0 Å². The van der Waals surface area contributed by atoms with Crippen LogP contribution in [0.15, 0.2) is 23.1 Å². The maximum absolute atomic E-state index is 12.6. The van der Waals surface area contributed by atoms with Crippen LogP contribution in [-0.4, -0.2) is 11.1 Å². The molecule has 100 valence electrons. The van der Waals surface area contributed by atoms with Crippen molar-refractivity contribution in [3.63, 3.8) is 0 Å². The molecule has 6 heteroatoms. The van der Waals surface area contributed by atoms with Crippen molar-refractivity contribution in [1.29, 1.82) is 0 Å². The highest BCUT2D eigenvalue weighted by Crippen LogP contribution is 2.49. The Kier molecular flexibility index (Phi) is 3.23. The molecule has 1 fully saturated rings. The Morgan fingerprint density at radius 2 is 2.00 bits per heavy atom. The van der Waals surface area contributed by atoms with E-state index in [4.69, 9.17) is 5.73 Å². The maximum atomic E-state index is 12.6. The van der Waals surface area contributed by atoms with Gasteiger partial charge in [0.1, 0.15) is 0 Å². The zero-order chi connectivity index (χ0) is 13.4. The van der Waals surface area contributed by atoms with Crippen LogP contribution in [-0.2, 0) is 12.7 Å². The van der Waals surface area contributed by atoms with E-state index in [0.717, 1.165) is 42.2 Å². The molecule has 1 saturated carbocycles. The van der Waals surface area contributed by atoms with Gasteiger partial charge in [0.25, 0.3) is 5.56 Å². The van der Waals surface area contributed by atoms with E-state index in [0.29, 0.717) is 13.1 Å². The summed E-state index contributed by atoms with van der Waals surface area (Å²) in [5, 5.41) is 0. The van der Waals surface area contributed by atoms with Gasteiger partial charge in [-0.15, -0.1) is 0 Å². The molecule has 1 heterocycles. The van der Waals surface area contributed by atoms with E-state index in [2.05, 4.69) is 0 Å². The Hall–Kier alpha value is -1.30. The molecule has 0 saturated heterocycles. The molecule has 3 nitrogen and oxygen atoms in total. The van der Waals surface area contributed by atoms with Gasteiger partial charge >= 0.3 is 6.18 Å². The molecule has 2 N–H and O–H groups in total. The Morgan fingerprint density at radius 1 is 1.33 bits per heavy atom. The van der Waals surface area contributed by atoms with Crippen molar-refractivity contribution >= 4 is 0 Å². The van der Waals surface area contributed by atoms with Gasteiger partial charge in [0.2, 0.25) is 0 Å². The fraction of sp³-hybridized carbons (Fsp3) is 0.583. The monoisotopic (exact) mass is 260 g/mol. The van der Waals surface area contributed by atoms with Crippen LogP contribution in [0, 0.1) is 5.41 Å². The third kappa shape index (κ3) is 2.75. The molecule has 0 amide bonds. The molecule has 1 aliphatic carbocycles. The van der Waals surface area contributed by atoms with Crippen molar-refractivity contribution < 1.29 is 13.2 Å². The summed E-state index contributed by atoms with van der Waals surface area (Å²) in [7, 11) is 0. The minimum Gasteiger partial charge on any atom is -0.330 e. The maximum Gasteiger partial charge on any atom is 0.417 e. The minimum absolute atomic E-state index is 0.0667. The number of alkyl halides is 3. The Balaban J connectivity index is 2.25. The van der Waals surface area contributed by atoms with Crippen molar-refractivity contribution in [2.45, 2.75) is 32.0 Å². The molecular formula is C12H15F3N2O. The van der Waals surface area contributed by atoms with Crippen LogP contribution >= 0.6 is 0 Å². The van der Waals surface area contributed by atoms with Gasteiger partial charge in [-0.2, -0.15) is 13.2 Å². The summed E-state index contributed by atoms with van der Waals surface area (Å²) >= 11 is 0. The molecule has 18 heavy (non-hydrogen) atoms. The summed E-state index contributed by atoms with van der Waals surface area (Å²) in [6.07, 6.45) is -0.922. The predicted molar refractivity (Wildman–Crippen MR) is 61.0 cm³/mol. The average Bonchev–Trinajstić information content (AvgIpc) is 3.00. The van der Waals surface area contributed by atoms with Crippen LogP contribution in [0.5, 0.6) is 0 Å². The lowest BCUT2D eigenvalue weighted by atomic mass is 10.0. The zero-order valence-corrected chi connectivity index (χ0v) is 9.83. The molecule has 2 rings (SSSR count). The molecule has 0 spiro atoms. The molecule has 1 aromatic heterocycles. The van der Waals surface area contributed by atoms with Gasteiger partial charge in [0.15, 0.2) is 0 Å². The summed E-state index contributed by atoms with van der Waals surface area (Å²) < 4.78 is 38.8. The quantitative estimate of drug-likeness (QED) is 0.900. The highest BCUT2D eigenvalue weighted by atomic mass is 19.4. The number of rotatable bonds is 4. The zero-order valence-electron chi connectivity index (χ0n) is 9.83. The molecule has 0 atom stereocenters. The molecule has 0 radical (unpaired) electrons. The molecule has 1 aliphatic rings. The third-order valence-corrected chi connectivity index (χ3v) is 3.45. The summed E-state index contributed by atoms with van der Waals surface area (Å²) in [6, 6.07) is 1.79. The fourth-order valence-electron chi connectivity index (χ4n) is 2.15. The van der Waals surface area contributed by atoms with E-state index in [1.807, 2.05) is 0 Å². The standard InChI is InChI=1S/C12H15F3N2O/c13-12(14,15)9-1-2-10(18)17(7-9)8-11(3-4-11)5-6-16/h1-2,7H,3-6,8,16H2. The van der Waals surface area contributed by atoms with Crippen molar-refractivity contribution in [3.8, 4) is 0 Å². The van der Waals surface area contributed by atoms with Crippen LogP contribution in [0.2, 0.25) is 0 Å². The second-order valence-corrected chi connectivity index (χ2v) is 4.92. The molecule has 0 unspecified atom stereocenters. The second kappa shape index (κ2) is 4.42. The first-order valence-corrected chi connectivity index (χ1v) is 5.84. The molecule has 0 bridgehead atoms. The van der Waals surface area contributed by atoms with E-state index in [1.54, 1.807) is 0 Å². The first-order chi connectivity index (χ1) is 8.36. The van der Waals surface area contributed by atoms with Gasteiger partial charge in [-0.3, -0.25) is 4.79 Å². The molecule has 1 aromatic rings. The second-order valence-electron chi connectivity index (χ2n) is 4.92. The van der Waals surface area contributed by atoms with Gasteiger partial charge in [0, 0.05) is 18.8 Å². The first kappa shape index (κ1) is 13.1. The number of pyridine rings is 1. The summed E-state index contributed by atoms with van der Waals surface area (Å²) in [4.78, 5) is 11.6. The SMILES string of the molecule is NCCC1(Cn2cc(C(F)(F)F)ccc2=O)CC1. The number of nitrogens with zero attached hydrogens (tertiary/aromatic N) is 1. The first-order valence-electron chi connectivity index (χ1n) is 5.84. The van der Waals surface area contributed by atoms with Crippen molar-refractivity contribution in [1.82, 2.24) is 4.57 Å². The number of hydrogen-bond acceptors (Lipinski definition) is 2. The van der Waals surface area contributed by atoms with E-state index < -0.39 is 17.3 Å². The Labute approximate surface area is 102 Å². The van der Waals surface area contributed by atoms with Crippen LogP contribution in [0.25, 0.3) is 0 Å². The highest BCUT2D eigenvalue weighted by Gasteiger charge is 2.42. The van der Waals surface area contributed by atoms with E-state index in [-0.39, 0.29) is 5.41 Å². The van der Waals surface area contributed by atoms with Crippen LogP contribution in [0.4, 0.5) is 13.2 Å². The van der Waals surface area contributed by atoms with Gasteiger partial charge in [-0.1, -0.05) is 0 Å². The van der Waals surface area contributed by atoms with Gasteiger partial charge < -0.3 is 10.3 Å². The van der Waals surface area contributed by atoms with Gasteiger partial charge in [0.05, 0.1) is 5.56 Å². The molecular weight excluding hydrogens is 245 g/mol. The van der Waals surface area contributed by atoms with Crippen molar-refractivity contribution in [2.24, 2.45) is 11.1 Å². The van der Waals surface area contributed by atoms with E-state index in [9.17, 15) is 18.0 Å². The van der Waals surface area contributed by atoms with E-state index in [1.165, 1.54) is 0 Å². The Bertz CT molecular complexity index is 489. The van der Waals surface area contributed by atoms with Crippen LogP contribution in [0.1, 0.15) is 24.8 Å². The van der Waals surface area contributed by atoms with Crippen LogP contribution < -0.4 is 11.3 Å². The lowest BCUT2D eigenvalue weighted by Crippen LogP contribution is -2.26. The summed E-state index contributed by atoms with van der Waals surface area (Å²) in [6.45, 7) is 0.820. The topological polar surface area (TPSA) is 48.0 Å². The normalized spacial score (nSPS) is 17.8. The third-order valence-electron chi connectivity index (χ3n) is 3.45. The largest absolute Gasteiger partial charge is 0.417 e. The highest BCUT2D eigenvalue weighted by molar-refractivity contribution is 5.14. The number of halogens is 3. The smallest absolute Gasteiger partial charge is 0.330 e. The number of aromatic nitrogens is 1. The lowest BCUT2D eigenvalue weighted by molar-refractivity contribution is -0.138. The lowest BCUT2D eigenvalue weighted by Gasteiger charge is -2.17. The van der Waals surface area contributed by atoms with Crippen molar-refractivity contribution in [2.75, 3.05) is 6.54 Å². The van der Waals surface area contributed by atoms with Crippen LogP contribution in [0.3, 0.4) is 0 Å². The van der Waals surface area contributed by atoms with Gasteiger partial charge in [-0.05, 0) is 37.3 Å². The summed E-state index contributed by atoms with van der Waals surface area (Å²) in [5.74, 6) is 0. The fourth-order valence-corrected chi connectivity index (χ4v) is 2.15. The Morgan fingerprint density at radius 3 is 2.50 bits per heavy atom. The molecule has 0 aromatic carbocycles. The average molecular weight is 260 g/mol. The minimum atomic E-state index is -4.42. The van der Waals surface area contributed by atoms with Gasteiger partial charge in [-0.25, -0.2) is 0 Å². The van der Waals surface area contributed by atoms with Crippen molar-refractivity contribution in [3.05, 3.63) is 34.2 Å². The summed E-state index contributed by atoms with van der Waals surface area (Å²) in [5.41, 5.74) is 4.23. The predicted octanol–water partition coefficient (Wildman–Crippen LogP) is 2.00.